The average Bonchev–Trinajstić information content (AvgIpc) is 2.42. The van der Waals surface area contributed by atoms with E-state index in [0.29, 0.717) is 16.7 Å². The van der Waals surface area contributed by atoms with Crippen molar-refractivity contribution in [3.8, 4) is 0 Å². The molecule has 0 spiro atoms. The molecule has 3 nitrogen and oxygen atoms in total. The van der Waals surface area contributed by atoms with Crippen LogP contribution in [0.1, 0.15) is 24.8 Å². The van der Waals surface area contributed by atoms with Gasteiger partial charge in [0.25, 0.3) is 0 Å². The van der Waals surface area contributed by atoms with Gasteiger partial charge in [-0.2, -0.15) is 0 Å². The number of benzene rings is 1. The van der Waals surface area contributed by atoms with E-state index in [1.165, 1.54) is 0 Å². The van der Waals surface area contributed by atoms with Gasteiger partial charge >= 0.3 is 0 Å². The molecule has 18 heavy (non-hydrogen) atoms. The quantitative estimate of drug-likeness (QED) is 0.900. The highest BCUT2D eigenvalue weighted by molar-refractivity contribution is 9.10. The minimum atomic E-state index is -0.279. The van der Waals surface area contributed by atoms with Crippen molar-refractivity contribution in [1.82, 2.24) is 0 Å². The Kier molecular flexibility index (Phi) is 4.59. The summed E-state index contributed by atoms with van der Waals surface area (Å²) < 4.78 is 14.8. The topological polar surface area (TPSA) is 49.5 Å². The molecule has 1 aliphatic rings. The third-order valence-corrected chi connectivity index (χ3v) is 4.37. The van der Waals surface area contributed by atoms with Crippen LogP contribution < -0.4 is 10.6 Å². The summed E-state index contributed by atoms with van der Waals surface area (Å²) in [6.07, 6.45) is 3.03. The van der Waals surface area contributed by atoms with Crippen molar-refractivity contribution in [1.29, 1.82) is 0 Å². The lowest BCUT2D eigenvalue weighted by Gasteiger charge is -2.37. The Morgan fingerprint density at radius 3 is 2.89 bits per heavy atom. The summed E-state index contributed by atoms with van der Waals surface area (Å²) in [5.74, 6) is -0.279. The third kappa shape index (κ3) is 2.53. The molecule has 1 fully saturated rings. The largest absolute Gasteiger partial charge is 0.394 e. The second-order valence-corrected chi connectivity index (χ2v) is 5.39. The van der Waals surface area contributed by atoms with Crippen molar-refractivity contribution >= 4 is 21.6 Å². The molecule has 1 heterocycles. The Hall–Kier alpha value is -0.650. The van der Waals surface area contributed by atoms with Gasteiger partial charge in [0.05, 0.1) is 22.8 Å². The van der Waals surface area contributed by atoms with E-state index in [2.05, 4.69) is 15.9 Å². The van der Waals surface area contributed by atoms with Crippen LogP contribution in [0, 0.1) is 5.82 Å². The zero-order chi connectivity index (χ0) is 13.1. The van der Waals surface area contributed by atoms with Gasteiger partial charge in [0.1, 0.15) is 0 Å². The number of aliphatic hydroxyl groups excluding tert-OH is 1. The minimum absolute atomic E-state index is 0.0175. The van der Waals surface area contributed by atoms with Gasteiger partial charge in [-0.15, -0.1) is 0 Å². The van der Waals surface area contributed by atoms with E-state index < -0.39 is 0 Å². The second-order valence-electron chi connectivity index (χ2n) is 4.60. The van der Waals surface area contributed by atoms with Crippen molar-refractivity contribution in [2.45, 2.75) is 31.8 Å². The summed E-state index contributed by atoms with van der Waals surface area (Å²) in [4.78, 5) is 1.96. The molecule has 0 saturated carbocycles. The van der Waals surface area contributed by atoms with Crippen LogP contribution in [0.4, 0.5) is 10.1 Å². The highest BCUT2D eigenvalue weighted by Crippen LogP contribution is 2.32. The molecule has 1 atom stereocenters. The summed E-state index contributed by atoms with van der Waals surface area (Å²) in [5.41, 5.74) is 6.86. The molecule has 0 amide bonds. The molecule has 1 saturated heterocycles. The number of nitrogens with zero attached hydrogens (tertiary/aromatic N) is 1. The van der Waals surface area contributed by atoms with Crippen LogP contribution in [0.15, 0.2) is 16.6 Å². The molecule has 0 aromatic heterocycles. The van der Waals surface area contributed by atoms with Gasteiger partial charge in [-0.3, -0.25) is 0 Å². The standard InChI is InChI=1S/C13H18BrFN2O/c14-12-9(7-16)4-5-11(13(12)15)17-6-2-1-3-10(17)8-18/h4-5,10,18H,1-3,6-8,16H2. The average molecular weight is 317 g/mol. The van der Waals surface area contributed by atoms with Crippen molar-refractivity contribution in [2.24, 2.45) is 5.73 Å². The molecule has 5 heteroatoms. The van der Waals surface area contributed by atoms with Crippen molar-refractivity contribution < 1.29 is 9.50 Å². The Labute approximate surface area is 115 Å². The lowest BCUT2D eigenvalue weighted by molar-refractivity contribution is 0.239. The molecule has 1 aromatic rings. The molecule has 3 N–H and O–H groups in total. The second kappa shape index (κ2) is 5.99. The van der Waals surface area contributed by atoms with E-state index >= 15 is 0 Å². The number of rotatable bonds is 3. The predicted octanol–water partition coefficient (Wildman–Crippen LogP) is 2.40. The zero-order valence-corrected chi connectivity index (χ0v) is 11.8. The normalized spacial score (nSPS) is 20.2. The Morgan fingerprint density at radius 1 is 1.44 bits per heavy atom. The van der Waals surface area contributed by atoms with Gasteiger partial charge in [0.15, 0.2) is 5.82 Å². The van der Waals surface area contributed by atoms with Gasteiger partial charge in [-0.05, 0) is 46.8 Å². The first-order valence-electron chi connectivity index (χ1n) is 6.23. The first kappa shape index (κ1) is 13.8. The van der Waals surface area contributed by atoms with Crippen LogP contribution in [-0.4, -0.2) is 24.3 Å². The Bertz CT molecular complexity index is 428. The van der Waals surface area contributed by atoms with E-state index in [0.717, 1.165) is 31.4 Å². The molecule has 0 radical (unpaired) electrons. The summed E-state index contributed by atoms with van der Waals surface area (Å²) in [6, 6.07) is 3.62. The van der Waals surface area contributed by atoms with Gasteiger partial charge < -0.3 is 15.7 Å². The van der Waals surface area contributed by atoms with Gasteiger partial charge in [0, 0.05) is 13.1 Å². The number of halogens is 2. The lowest BCUT2D eigenvalue weighted by Crippen LogP contribution is -2.42. The summed E-state index contributed by atoms with van der Waals surface area (Å²) in [7, 11) is 0. The molecule has 1 aromatic carbocycles. The van der Waals surface area contributed by atoms with E-state index in [1.54, 1.807) is 6.07 Å². The molecular formula is C13H18BrFN2O. The minimum Gasteiger partial charge on any atom is -0.394 e. The maximum absolute atomic E-state index is 14.3. The Balaban J connectivity index is 2.35. The first-order chi connectivity index (χ1) is 8.69. The number of nitrogens with two attached hydrogens (primary N) is 1. The van der Waals surface area contributed by atoms with Crippen molar-refractivity contribution in [3.63, 3.8) is 0 Å². The first-order valence-corrected chi connectivity index (χ1v) is 7.02. The highest BCUT2D eigenvalue weighted by Gasteiger charge is 2.25. The zero-order valence-electron chi connectivity index (χ0n) is 10.2. The van der Waals surface area contributed by atoms with Crippen molar-refractivity contribution in [2.75, 3.05) is 18.1 Å². The summed E-state index contributed by atoms with van der Waals surface area (Å²) in [5, 5.41) is 9.39. The monoisotopic (exact) mass is 316 g/mol. The number of anilines is 1. The van der Waals surface area contributed by atoms with Crippen LogP contribution in [-0.2, 0) is 6.54 Å². The smallest absolute Gasteiger partial charge is 0.160 e. The molecular weight excluding hydrogens is 299 g/mol. The van der Waals surface area contributed by atoms with Crippen LogP contribution in [0.5, 0.6) is 0 Å². The van der Waals surface area contributed by atoms with Gasteiger partial charge in [0.2, 0.25) is 0 Å². The van der Waals surface area contributed by atoms with E-state index in [-0.39, 0.29) is 18.5 Å². The van der Waals surface area contributed by atoms with E-state index in [1.807, 2.05) is 11.0 Å². The Morgan fingerprint density at radius 2 is 2.22 bits per heavy atom. The highest BCUT2D eigenvalue weighted by atomic mass is 79.9. The maximum Gasteiger partial charge on any atom is 0.160 e. The SMILES string of the molecule is NCc1ccc(N2CCCCC2CO)c(F)c1Br. The van der Waals surface area contributed by atoms with Gasteiger partial charge in [-0.1, -0.05) is 6.07 Å². The number of hydrogen-bond donors (Lipinski definition) is 2. The van der Waals surface area contributed by atoms with Gasteiger partial charge in [-0.25, -0.2) is 4.39 Å². The number of hydrogen-bond acceptors (Lipinski definition) is 3. The molecule has 1 aliphatic heterocycles. The van der Waals surface area contributed by atoms with Crippen LogP contribution in [0.25, 0.3) is 0 Å². The van der Waals surface area contributed by atoms with E-state index in [4.69, 9.17) is 5.73 Å². The molecule has 100 valence electrons. The third-order valence-electron chi connectivity index (χ3n) is 3.51. The molecule has 0 aliphatic carbocycles. The van der Waals surface area contributed by atoms with Crippen LogP contribution in [0.3, 0.4) is 0 Å². The summed E-state index contributed by atoms with van der Waals surface area (Å²) >= 11 is 3.26. The molecule has 2 rings (SSSR count). The fraction of sp³-hybridized carbons (Fsp3) is 0.538. The molecule has 1 unspecified atom stereocenters. The number of piperidine rings is 1. The van der Waals surface area contributed by atoms with Crippen molar-refractivity contribution in [3.05, 3.63) is 28.0 Å². The predicted molar refractivity (Wildman–Crippen MR) is 74.1 cm³/mol. The molecule has 0 bridgehead atoms. The summed E-state index contributed by atoms with van der Waals surface area (Å²) in [6.45, 7) is 1.16. The van der Waals surface area contributed by atoms with Crippen LogP contribution in [0.2, 0.25) is 0 Å². The van der Waals surface area contributed by atoms with Crippen LogP contribution >= 0.6 is 15.9 Å². The fourth-order valence-corrected chi connectivity index (χ4v) is 2.96. The van der Waals surface area contributed by atoms with E-state index in [9.17, 15) is 9.50 Å². The lowest BCUT2D eigenvalue weighted by atomic mass is 10.0. The number of aliphatic hydroxyl groups is 1. The fourth-order valence-electron chi connectivity index (χ4n) is 2.47. The maximum atomic E-state index is 14.3.